The highest BCUT2D eigenvalue weighted by Gasteiger charge is 2.21. The molecule has 3 rings (SSSR count). The molecule has 0 saturated carbocycles. The number of H-pyrrole nitrogens is 1. The van der Waals surface area contributed by atoms with Gasteiger partial charge in [-0.1, -0.05) is 40.0 Å². The van der Waals surface area contributed by atoms with Gasteiger partial charge in [0.2, 0.25) is 5.69 Å². The van der Waals surface area contributed by atoms with Crippen molar-refractivity contribution in [3.8, 4) is 17.5 Å². The fourth-order valence-corrected chi connectivity index (χ4v) is 2.07. The number of aromatic amines is 1. The van der Waals surface area contributed by atoms with Crippen LogP contribution in [0.2, 0.25) is 0 Å². The minimum atomic E-state index is -0.499. The molecule has 1 N–H and O–H groups in total. The summed E-state index contributed by atoms with van der Waals surface area (Å²) < 4.78 is 7.31. The standard InChI is InChI=1S/C16H9BrN2O2/c17-13-7-9-14(10-8-13)19-15(16(20)21-18-19)11-6-12-4-2-1-3-5-12/h1-5,7-10H/p+1. The fraction of sp³-hybridized carbons (Fsp3) is 0. The highest BCUT2D eigenvalue weighted by molar-refractivity contribution is 9.10. The number of halogens is 1. The molecular formula is C16H10BrN2O2+. The lowest BCUT2D eigenvalue weighted by Crippen LogP contribution is -2.37. The molecule has 102 valence electrons. The number of benzene rings is 2. The molecule has 0 unspecified atom stereocenters. The maximum atomic E-state index is 11.8. The van der Waals surface area contributed by atoms with Crippen LogP contribution in [0.25, 0.3) is 5.69 Å². The van der Waals surface area contributed by atoms with Gasteiger partial charge in [0, 0.05) is 28.1 Å². The Hall–Kier alpha value is -2.58. The van der Waals surface area contributed by atoms with Crippen LogP contribution in [0.4, 0.5) is 0 Å². The zero-order chi connectivity index (χ0) is 14.7. The maximum Gasteiger partial charge on any atom is 0.444 e. The first-order valence-electron chi connectivity index (χ1n) is 6.20. The molecule has 4 nitrogen and oxygen atoms in total. The van der Waals surface area contributed by atoms with E-state index >= 15 is 0 Å². The average molecular weight is 342 g/mol. The maximum absolute atomic E-state index is 11.8. The van der Waals surface area contributed by atoms with Crippen LogP contribution in [-0.2, 0) is 0 Å². The minimum Gasteiger partial charge on any atom is -0.281 e. The van der Waals surface area contributed by atoms with E-state index in [4.69, 9.17) is 4.52 Å². The zero-order valence-corrected chi connectivity index (χ0v) is 12.4. The predicted octanol–water partition coefficient (Wildman–Crippen LogP) is 2.41. The second kappa shape index (κ2) is 5.81. The normalized spacial score (nSPS) is 9.95. The summed E-state index contributed by atoms with van der Waals surface area (Å²) in [6.45, 7) is 0. The minimum absolute atomic E-state index is 0.251. The largest absolute Gasteiger partial charge is 0.444 e. The third-order valence-electron chi connectivity index (χ3n) is 2.83. The van der Waals surface area contributed by atoms with E-state index in [0.717, 1.165) is 15.7 Å². The van der Waals surface area contributed by atoms with Crippen LogP contribution < -0.4 is 10.3 Å². The first kappa shape index (κ1) is 13.4. The molecule has 1 aromatic heterocycles. The van der Waals surface area contributed by atoms with E-state index in [-0.39, 0.29) is 5.69 Å². The van der Waals surface area contributed by atoms with Gasteiger partial charge in [0.15, 0.2) is 0 Å². The summed E-state index contributed by atoms with van der Waals surface area (Å²) in [5, 5.41) is 2.56. The Kier molecular flexibility index (Phi) is 3.71. The van der Waals surface area contributed by atoms with Crippen LogP contribution in [0.3, 0.4) is 0 Å². The molecule has 0 fully saturated rings. The quantitative estimate of drug-likeness (QED) is 0.545. The van der Waals surface area contributed by atoms with E-state index in [0.29, 0.717) is 0 Å². The summed E-state index contributed by atoms with van der Waals surface area (Å²) >= 11 is 3.37. The number of nitrogens with zero attached hydrogens (tertiary/aromatic N) is 1. The fourth-order valence-electron chi connectivity index (χ4n) is 1.80. The molecule has 5 heteroatoms. The predicted molar refractivity (Wildman–Crippen MR) is 81.0 cm³/mol. The Morgan fingerprint density at radius 2 is 1.71 bits per heavy atom. The van der Waals surface area contributed by atoms with E-state index in [2.05, 4.69) is 33.0 Å². The van der Waals surface area contributed by atoms with E-state index < -0.39 is 5.63 Å². The molecule has 0 atom stereocenters. The average Bonchev–Trinajstić information content (AvgIpc) is 2.88. The van der Waals surface area contributed by atoms with Crippen molar-refractivity contribution in [2.45, 2.75) is 0 Å². The lowest BCUT2D eigenvalue weighted by atomic mass is 10.2. The van der Waals surface area contributed by atoms with Crippen LogP contribution in [0.15, 0.2) is 68.4 Å². The SMILES string of the molecule is O=c1o[nH][n+](-c2ccc(Br)cc2)c1C#Cc1ccccc1. The van der Waals surface area contributed by atoms with Gasteiger partial charge in [0.1, 0.15) is 0 Å². The van der Waals surface area contributed by atoms with Gasteiger partial charge in [0.25, 0.3) is 0 Å². The van der Waals surface area contributed by atoms with Crippen LogP contribution in [0, 0.1) is 11.8 Å². The molecule has 0 bridgehead atoms. The van der Waals surface area contributed by atoms with Gasteiger partial charge < -0.3 is 0 Å². The van der Waals surface area contributed by atoms with Gasteiger partial charge in [-0.05, 0) is 34.2 Å². The summed E-state index contributed by atoms with van der Waals surface area (Å²) in [7, 11) is 0. The number of hydrogen-bond acceptors (Lipinski definition) is 2. The van der Waals surface area contributed by atoms with Crippen molar-refractivity contribution >= 4 is 15.9 Å². The van der Waals surface area contributed by atoms with Gasteiger partial charge in [-0.15, -0.1) is 0 Å². The van der Waals surface area contributed by atoms with Crippen molar-refractivity contribution < 1.29 is 9.20 Å². The van der Waals surface area contributed by atoms with Crippen molar-refractivity contribution in [3.05, 3.63) is 80.7 Å². The summed E-state index contributed by atoms with van der Waals surface area (Å²) in [6, 6.07) is 16.9. The van der Waals surface area contributed by atoms with Crippen LogP contribution >= 0.6 is 15.9 Å². The summed E-state index contributed by atoms with van der Waals surface area (Å²) in [5.74, 6) is 5.80. The third kappa shape index (κ3) is 2.96. The Bertz CT molecular complexity index is 868. The molecule has 0 radical (unpaired) electrons. The van der Waals surface area contributed by atoms with Gasteiger partial charge in [0.05, 0.1) is 0 Å². The third-order valence-corrected chi connectivity index (χ3v) is 3.36. The monoisotopic (exact) mass is 341 g/mol. The number of aromatic nitrogens is 2. The summed E-state index contributed by atoms with van der Waals surface area (Å²) in [5.41, 5.74) is 1.35. The number of nitrogens with one attached hydrogen (secondary N) is 1. The van der Waals surface area contributed by atoms with E-state index in [9.17, 15) is 4.79 Å². The van der Waals surface area contributed by atoms with E-state index in [1.807, 2.05) is 54.6 Å². The van der Waals surface area contributed by atoms with Crippen molar-refractivity contribution in [1.29, 1.82) is 0 Å². The lowest BCUT2D eigenvalue weighted by Gasteiger charge is -1.91. The van der Waals surface area contributed by atoms with Crippen LogP contribution in [-0.4, -0.2) is 5.27 Å². The van der Waals surface area contributed by atoms with Crippen molar-refractivity contribution in [1.82, 2.24) is 5.27 Å². The van der Waals surface area contributed by atoms with Gasteiger partial charge in [-0.25, -0.2) is 4.79 Å². The summed E-state index contributed by atoms with van der Waals surface area (Å²) in [6.07, 6.45) is 0. The van der Waals surface area contributed by atoms with Crippen LogP contribution in [0.1, 0.15) is 11.3 Å². The molecule has 0 spiro atoms. The Morgan fingerprint density at radius 1 is 1.00 bits per heavy atom. The Morgan fingerprint density at radius 3 is 2.43 bits per heavy atom. The molecule has 0 amide bonds. The second-order valence-electron chi connectivity index (χ2n) is 4.26. The molecule has 21 heavy (non-hydrogen) atoms. The molecule has 2 aromatic carbocycles. The highest BCUT2D eigenvalue weighted by atomic mass is 79.9. The highest BCUT2D eigenvalue weighted by Crippen LogP contribution is 2.10. The topological polar surface area (TPSA) is 49.9 Å². The lowest BCUT2D eigenvalue weighted by molar-refractivity contribution is -0.672. The molecule has 0 aliphatic rings. The van der Waals surface area contributed by atoms with Crippen LogP contribution in [0.5, 0.6) is 0 Å². The van der Waals surface area contributed by atoms with Crippen molar-refractivity contribution in [2.24, 2.45) is 0 Å². The van der Waals surface area contributed by atoms with E-state index in [1.54, 1.807) is 0 Å². The Labute approximate surface area is 129 Å². The molecule has 1 heterocycles. The summed E-state index contributed by atoms with van der Waals surface area (Å²) in [4.78, 5) is 11.8. The van der Waals surface area contributed by atoms with Crippen molar-refractivity contribution in [2.75, 3.05) is 0 Å². The van der Waals surface area contributed by atoms with Gasteiger partial charge in [-0.3, -0.25) is 4.52 Å². The number of rotatable bonds is 1. The first-order valence-corrected chi connectivity index (χ1v) is 7.00. The zero-order valence-electron chi connectivity index (χ0n) is 10.8. The second-order valence-corrected chi connectivity index (χ2v) is 5.17. The number of hydrogen-bond donors (Lipinski definition) is 1. The van der Waals surface area contributed by atoms with E-state index in [1.165, 1.54) is 4.68 Å². The van der Waals surface area contributed by atoms with Gasteiger partial charge >= 0.3 is 11.3 Å². The molecule has 3 aromatic rings. The molecule has 0 saturated heterocycles. The van der Waals surface area contributed by atoms with Crippen molar-refractivity contribution in [3.63, 3.8) is 0 Å². The van der Waals surface area contributed by atoms with Gasteiger partial charge in [-0.2, -0.15) is 0 Å². The Balaban J connectivity index is 2.04. The first-order chi connectivity index (χ1) is 10.2. The molecule has 0 aliphatic heterocycles. The molecular weight excluding hydrogens is 332 g/mol. The smallest absolute Gasteiger partial charge is 0.281 e. The molecule has 0 aliphatic carbocycles.